The lowest BCUT2D eigenvalue weighted by Crippen LogP contribution is -2.52. The molecule has 2 amide bonds. The number of halogens is 3. The Morgan fingerprint density at radius 1 is 1.00 bits per heavy atom. The van der Waals surface area contributed by atoms with Crippen LogP contribution >= 0.6 is 11.6 Å². The molecular formula is C33H45ClF2N4O2. The summed E-state index contributed by atoms with van der Waals surface area (Å²) < 4.78 is 28.7. The van der Waals surface area contributed by atoms with Gasteiger partial charge in [-0.1, -0.05) is 23.7 Å². The number of hydrogen-bond acceptors (Lipinski definition) is 4. The minimum Gasteiger partial charge on any atom is -0.368 e. The topological polar surface area (TPSA) is 47.1 Å². The van der Waals surface area contributed by atoms with Crippen molar-refractivity contribution in [2.75, 3.05) is 44.2 Å². The van der Waals surface area contributed by atoms with E-state index in [0.717, 1.165) is 22.9 Å². The van der Waals surface area contributed by atoms with Gasteiger partial charge >= 0.3 is 0 Å². The third-order valence-corrected chi connectivity index (χ3v) is 9.38. The highest BCUT2D eigenvalue weighted by molar-refractivity contribution is 6.31. The van der Waals surface area contributed by atoms with E-state index >= 15 is 0 Å². The summed E-state index contributed by atoms with van der Waals surface area (Å²) in [6, 6.07) is 7.61. The van der Waals surface area contributed by atoms with E-state index in [1.54, 1.807) is 6.92 Å². The summed E-state index contributed by atoms with van der Waals surface area (Å²) in [6.07, 6.45) is 0. The summed E-state index contributed by atoms with van der Waals surface area (Å²) in [4.78, 5) is 34.8. The normalized spacial score (nSPS) is 20.8. The van der Waals surface area contributed by atoms with Crippen LogP contribution < -0.4 is 4.90 Å². The Bertz CT molecular complexity index is 1320. The molecule has 4 rings (SSSR count). The highest BCUT2D eigenvalue weighted by Gasteiger charge is 2.44. The number of anilines is 1. The molecule has 0 radical (unpaired) electrons. The lowest BCUT2D eigenvalue weighted by Gasteiger charge is -2.40. The van der Waals surface area contributed by atoms with Gasteiger partial charge in [0.2, 0.25) is 11.8 Å². The highest BCUT2D eigenvalue weighted by atomic mass is 35.5. The van der Waals surface area contributed by atoms with Crippen LogP contribution in [0.5, 0.6) is 0 Å². The fourth-order valence-corrected chi connectivity index (χ4v) is 6.81. The molecule has 6 nitrogen and oxygen atoms in total. The fraction of sp³-hybridized carbons (Fsp3) is 0.576. The van der Waals surface area contributed by atoms with Gasteiger partial charge in [0.15, 0.2) is 0 Å². The SMILES string of the molecule is CC(=O)N(C(C)C)[C@@H](C)c1cc(C)c(Cl)cc1N1CCN(C(=O)[C@@H]2CN(C(C)(C)C)C[C@H]2c2ccc(F)cc2F)CC1. The van der Waals surface area contributed by atoms with Gasteiger partial charge in [0.05, 0.1) is 12.0 Å². The quantitative estimate of drug-likeness (QED) is 0.384. The first kappa shape index (κ1) is 32.2. The van der Waals surface area contributed by atoms with Crippen molar-refractivity contribution in [2.24, 2.45) is 5.92 Å². The number of rotatable bonds is 6. The van der Waals surface area contributed by atoms with E-state index in [0.29, 0.717) is 49.9 Å². The van der Waals surface area contributed by atoms with Gasteiger partial charge < -0.3 is 14.7 Å². The Morgan fingerprint density at radius 3 is 2.19 bits per heavy atom. The number of likely N-dealkylation sites (tertiary alicyclic amines) is 1. The monoisotopic (exact) mass is 602 g/mol. The number of piperazine rings is 1. The van der Waals surface area contributed by atoms with Gasteiger partial charge in [-0.05, 0) is 77.3 Å². The van der Waals surface area contributed by atoms with E-state index in [1.807, 2.05) is 43.6 Å². The van der Waals surface area contributed by atoms with Crippen LogP contribution in [-0.2, 0) is 9.59 Å². The van der Waals surface area contributed by atoms with Crippen LogP contribution in [0.25, 0.3) is 0 Å². The number of hydrogen-bond donors (Lipinski definition) is 0. The first-order valence-electron chi connectivity index (χ1n) is 14.9. The number of aryl methyl sites for hydroxylation is 1. The van der Waals surface area contributed by atoms with Crippen LogP contribution in [0.2, 0.25) is 5.02 Å². The molecule has 0 aromatic heterocycles. The fourth-order valence-electron chi connectivity index (χ4n) is 6.66. The van der Waals surface area contributed by atoms with Crippen LogP contribution in [0.15, 0.2) is 30.3 Å². The molecule has 0 bridgehead atoms. The Morgan fingerprint density at radius 2 is 1.64 bits per heavy atom. The number of benzene rings is 2. The molecule has 2 fully saturated rings. The first-order chi connectivity index (χ1) is 19.6. The van der Waals surface area contributed by atoms with Crippen molar-refractivity contribution in [1.29, 1.82) is 0 Å². The molecule has 2 aromatic rings. The van der Waals surface area contributed by atoms with E-state index in [9.17, 15) is 18.4 Å². The Balaban J connectivity index is 1.56. The standard InChI is InChI=1S/C33H45ClF2N4O2/c1-20(2)40(23(5)41)22(4)26-15-21(3)29(34)17-31(26)37-11-13-38(14-12-37)32(42)28-19-39(33(6,7)8)18-27(28)25-10-9-24(35)16-30(25)36/h9-10,15-17,20,22,27-28H,11-14,18-19H2,1-8H3/t22-,27-,28+/m0/s1. The predicted octanol–water partition coefficient (Wildman–Crippen LogP) is 6.41. The molecule has 0 N–H and O–H groups in total. The molecule has 2 saturated heterocycles. The third-order valence-electron chi connectivity index (χ3n) is 8.97. The van der Waals surface area contributed by atoms with Gasteiger partial charge in [0.1, 0.15) is 11.6 Å². The maximum absolute atomic E-state index is 14.9. The number of nitrogens with zero attached hydrogens (tertiary/aromatic N) is 4. The minimum absolute atomic E-state index is 0.00761. The van der Waals surface area contributed by atoms with Gasteiger partial charge in [-0.25, -0.2) is 8.78 Å². The van der Waals surface area contributed by atoms with Crippen molar-refractivity contribution in [3.63, 3.8) is 0 Å². The largest absolute Gasteiger partial charge is 0.368 e. The lowest BCUT2D eigenvalue weighted by molar-refractivity contribution is -0.136. The van der Waals surface area contributed by atoms with E-state index in [4.69, 9.17) is 11.6 Å². The molecule has 2 aromatic carbocycles. The number of amides is 2. The maximum Gasteiger partial charge on any atom is 0.227 e. The van der Waals surface area contributed by atoms with Gasteiger partial charge in [-0.3, -0.25) is 14.5 Å². The van der Waals surface area contributed by atoms with E-state index < -0.39 is 17.6 Å². The second-order valence-electron chi connectivity index (χ2n) is 13.1. The molecule has 2 aliphatic rings. The van der Waals surface area contributed by atoms with Crippen molar-refractivity contribution in [1.82, 2.24) is 14.7 Å². The summed E-state index contributed by atoms with van der Waals surface area (Å²) in [5.41, 5.74) is 3.16. The molecule has 0 aliphatic carbocycles. The van der Waals surface area contributed by atoms with Gasteiger partial charge in [-0.15, -0.1) is 0 Å². The first-order valence-corrected chi connectivity index (χ1v) is 15.3. The second-order valence-corrected chi connectivity index (χ2v) is 13.5. The summed E-state index contributed by atoms with van der Waals surface area (Å²) in [5.74, 6) is -1.97. The van der Waals surface area contributed by atoms with Crippen molar-refractivity contribution < 1.29 is 18.4 Å². The third kappa shape index (κ3) is 6.60. The summed E-state index contributed by atoms with van der Waals surface area (Å²) >= 11 is 6.60. The Hall–Kier alpha value is -2.71. The summed E-state index contributed by atoms with van der Waals surface area (Å²) in [5, 5.41) is 0.663. The van der Waals surface area contributed by atoms with Crippen molar-refractivity contribution in [3.8, 4) is 0 Å². The van der Waals surface area contributed by atoms with Gasteiger partial charge in [-0.2, -0.15) is 0 Å². The molecular weight excluding hydrogens is 558 g/mol. The zero-order chi connectivity index (χ0) is 31.1. The highest BCUT2D eigenvalue weighted by Crippen LogP contribution is 2.40. The minimum atomic E-state index is -0.620. The average molecular weight is 603 g/mol. The van der Waals surface area contributed by atoms with Crippen LogP contribution in [0.1, 0.15) is 77.1 Å². The predicted molar refractivity (Wildman–Crippen MR) is 165 cm³/mol. The molecule has 3 atom stereocenters. The Labute approximate surface area is 254 Å². The molecule has 2 aliphatic heterocycles. The molecule has 230 valence electrons. The second kappa shape index (κ2) is 12.5. The van der Waals surface area contributed by atoms with Crippen LogP contribution in [-0.4, -0.2) is 77.4 Å². The smallest absolute Gasteiger partial charge is 0.227 e. The number of carbonyl (C=O) groups is 2. The van der Waals surface area contributed by atoms with E-state index in [-0.39, 0.29) is 35.4 Å². The lowest BCUT2D eigenvalue weighted by atomic mass is 9.87. The zero-order valence-electron chi connectivity index (χ0n) is 26.2. The molecule has 0 spiro atoms. The van der Waals surface area contributed by atoms with Crippen LogP contribution in [0.4, 0.5) is 14.5 Å². The zero-order valence-corrected chi connectivity index (χ0v) is 26.9. The summed E-state index contributed by atoms with van der Waals surface area (Å²) in [7, 11) is 0. The maximum atomic E-state index is 14.9. The average Bonchev–Trinajstić information content (AvgIpc) is 3.35. The van der Waals surface area contributed by atoms with Gasteiger partial charge in [0.25, 0.3) is 0 Å². The van der Waals surface area contributed by atoms with E-state index in [2.05, 4.69) is 36.6 Å². The molecule has 42 heavy (non-hydrogen) atoms. The van der Waals surface area contributed by atoms with Gasteiger partial charge in [0, 0.05) is 80.5 Å². The molecule has 9 heteroatoms. The van der Waals surface area contributed by atoms with Crippen molar-refractivity contribution in [3.05, 3.63) is 63.7 Å². The number of carbonyl (C=O) groups excluding carboxylic acids is 2. The Kier molecular flexibility index (Phi) is 9.58. The summed E-state index contributed by atoms with van der Waals surface area (Å²) in [6.45, 7) is 19.2. The van der Waals surface area contributed by atoms with E-state index in [1.165, 1.54) is 12.1 Å². The van der Waals surface area contributed by atoms with Crippen molar-refractivity contribution >= 4 is 29.1 Å². The molecule has 0 unspecified atom stereocenters. The molecule has 0 saturated carbocycles. The van der Waals surface area contributed by atoms with Crippen LogP contribution in [0.3, 0.4) is 0 Å². The molecule has 2 heterocycles. The van der Waals surface area contributed by atoms with Crippen molar-refractivity contribution in [2.45, 2.75) is 78.9 Å². The van der Waals surface area contributed by atoms with Crippen LogP contribution in [0, 0.1) is 24.5 Å².